The van der Waals surface area contributed by atoms with Gasteiger partial charge in [0.1, 0.15) is 10.8 Å². The molecule has 4 rings (SSSR count). The first-order valence-corrected chi connectivity index (χ1v) is 12.0. The Kier molecular flexibility index (Phi) is 7.61. The van der Waals surface area contributed by atoms with Gasteiger partial charge in [-0.05, 0) is 61.9 Å². The predicted octanol–water partition coefficient (Wildman–Crippen LogP) is 3.45. The second-order valence-electron chi connectivity index (χ2n) is 7.95. The van der Waals surface area contributed by atoms with Gasteiger partial charge in [-0.3, -0.25) is 9.59 Å². The van der Waals surface area contributed by atoms with E-state index in [1.807, 2.05) is 44.2 Å². The van der Waals surface area contributed by atoms with Crippen molar-refractivity contribution in [3.8, 4) is 5.75 Å². The van der Waals surface area contributed by atoms with Crippen molar-refractivity contribution in [1.82, 2.24) is 25.1 Å². The average Bonchev–Trinajstić information content (AvgIpc) is 3.26. The zero-order chi connectivity index (χ0) is 24.8. The van der Waals surface area contributed by atoms with Gasteiger partial charge in [0.2, 0.25) is 5.91 Å². The van der Waals surface area contributed by atoms with Crippen molar-refractivity contribution in [3.63, 3.8) is 0 Å². The molecular weight excluding hydrogens is 464 g/mol. The van der Waals surface area contributed by atoms with Crippen molar-refractivity contribution < 1.29 is 14.3 Å². The summed E-state index contributed by atoms with van der Waals surface area (Å²) in [6.45, 7) is 4.37. The Morgan fingerprint density at radius 3 is 2.57 bits per heavy atom. The number of carbonyl (C=O) groups excluding carboxylic acids is 2. The lowest BCUT2D eigenvalue weighted by Gasteiger charge is -2.09. The number of aromatic nitrogens is 4. The van der Waals surface area contributed by atoms with Crippen LogP contribution in [0.4, 0.5) is 5.69 Å². The van der Waals surface area contributed by atoms with E-state index in [1.54, 1.807) is 35.9 Å². The number of benzene rings is 2. The van der Waals surface area contributed by atoms with Crippen LogP contribution >= 0.6 is 11.8 Å². The molecule has 0 bridgehead atoms. The van der Waals surface area contributed by atoms with E-state index in [4.69, 9.17) is 4.74 Å². The first-order chi connectivity index (χ1) is 16.9. The van der Waals surface area contributed by atoms with Crippen LogP contribution in [-0.4, -0.2) is 51.0 Å². The molecule has 0 spiro atoms. The number of ether oxygens (including phenoxy) is 1. The largest absolute Gasteiger partial charge is 0.497 e. The van der Waals surface area contributed by atoms with Crippen LogP contribution in [0.25, 0.3) is 5.65 Å². The summed E-state index contributed by atoms with van der Waals surface area (Å²) in [6.07, 6.45) is 0.456. The number of hydrogen-bond donors (Lipinski definition) is 2. The number of hydrogen-bond acceptors (Lipinski definition) is 7. The molecule has 0 saturated heterocycles. The fraction of sp³-hybridized carbons (Fsp3) is 0.240. The van der Waals surface area contributed by atoms with Gasteiger partial charge in [0, 0.05) is 24.2 Å². The normalized spacial score (nSPS) is 10.8. The molecular formula is C25H26N6O3S. The standard InChI is InChI=1S/C25H26N6O3S/c1-16-4-9-20(17(2)14-16)27-23(32)15-35-24-11-10-21-28-29-22(31(21)30-24)12-13-26-25(33)18-5-7-19(34-3)8-6-18/h4-11,14H,12-13,15H2,1-3H3,(H,26,33)(H,27,32). The maximum Gasteiger partial charge on any atom is 0.251 e. The van der Waals surface area contributed by atoms with Gasteiger partial charge in [0.05, 0.1) is 12.9 Å². The number of amides is 2. The highest BCUT2D eigenvalue weighted by molar-refractivity contribution is 7.99. The van der Waals surface area contributed by atoms with Crippen molar-refractivity contribution in [3.05, 3.63) is 77.1 Å². The van der Waals surface area contributed by atoms with E-state index in [1.165, 1.54) is 11.8 Å². The number of nitrogens with zero attached hydrogens (tertiary/aromatic N) is 4. The summed E-state index contributed by atoms with van der Waals surface area (Å²) in [5.74, 6) is 1.26. The third kappa shape index (κ3) is 6.15. The lowest BCUT2D eigenvalue weighted by atomic mass is 10.1. The molecule has 0 aliphatic rings. The molecule has 0 atom stereocenters. The molecule has 180 valence electrons. The van der Waals surface area contributed by atoms with Gasteiger partial charge in [0.25, 0.3) is 5.91 Å². The number of aryl methyl sites for hydroxylation is 2. The van der Waals surface area contributed by atoms with Gasteiger partial charge < -0.3 is 15.4 Å². The molecule has 0 aliphatic carbocycles. The van der Waals surface area contributed by atoms with Crippen molar-refractivity contribution in [1.29, 1.82) is 0 Å². The summed E-state index contributed by atoms with van der Waals surface area (Å²) in [5.41, 5.74) is 4.13. The van der Waals surface area contributed by atoms with Crippen LogP contribution < -0.4 is 15.4 Å². The monoisotopic (exact) mass is 490 g/mol. The van der Waals surface area contributed by atoms with E-state index in [2.05, 4.69) is 25.9 Å². The van der Waals surface area contributed by atoms with Gasteiger partial charge in [-0.1, -0.05) is 29.5 Å². The third-order valence-electron chi connectivity index (χ3n) is 5.30. The first kappa shape index (κ1) is 24.2. The summed E-state index contributed by atoms with van der Waals surface area (Å²) < 4.78 is 6.76. The molecule has 0 aliphatic heterocycles. The quantitative estimate of drug-likeness (QED) is 0.346. The topological polar surface area (TPSA) is 111 Å². The molecule has 2 heterocycles. The van der Waals surface area contributed by atoms with Crippen LogP contribution in [-0.2, 0) is 11.2 Å². The number of fused-ring (bicyclic) bond motifs is 1. The molecule has 0 unspecified atom stereocenters. The maximum atomic E-state index is 12.4. The minimum absolute atomic E-state index is 0.103. The summed E-state index contributed by atoms with van der Waals surface area (Å²) in [6, 6.07) is 16.4. The summed E-state index contributed by atoms with van der Waals surface area (Å²) >= 11 is 1.33. The summed E-state index contributed by atoms with van der Waals surface area (Å²) in [5, 5.41) is 19.4. The molecule has 2 N–H and O–H groups in total. The number of nitrogens with one attached hydrogen (secondary N) is 2. The van der Waals surface area contributed by atoms with E-state index in [9.17, 15) is 9.59 Å². The highest BCUT2D eigenvalue weighted by Gasteiger charge is 2.12. The minimum atomic E-state index is -0.180. The van der Waals surface area contributed by atoms with E-state index in [0.29, 0.717) is 40.8 Å². The molecule has 2 aromatic heterocycles. The van der Waals surface area contributed by atoms with Gasteiger partial charge in [-0.25, -0.2) is 0 Å². The zero-order valence-electron chi connectivity index (χ0n) is 19.7. The predicted molar refractivity (Wildman–Crippen MR) is 135 cm³/mol. The molecule has 2 amide bonds. The lowest BCUT2D eigenvalue weighted by molar-refractivity contribution is -0.113. The molecule has 0 radical (unpaired) electrons. The average molecular weight is 491 g/mol. The smallest absolute Gasteiger partial charge is 0.251 e. The SMILES string of the molecule is COc1ccc(C(=O)NCCc2nnc3ccc(SCC(=O)Nc4ccc(C)cc4C)nn23)cc1. The highest BCUT2D eigenvalue weighted by atomic mass is 32.2. The molecule has 4 aromatic rings. The van der Waals surface area contributed by atoms with Crippen LogP contribution in [0.3, 0.4) is 0 Å². The van der Waals surface area contributed by atoms with Gasteiger partial charge >= 0.3 is 0 Å². The third-order valence-corrected chi connectivity index (χ3v) is 6.22. The van der Waals surface area contributed by atoms with Crippen molar-refractivity contribution in [2.75, 3.05) is 24.7 Å². The van der Waals surface area contributed by atoms with E-state index in [-0.39, 0.29) is 17.6 Å². The molecule has 2 aromatic carbocycles. The Hall–Kier alpha value is -3.92. The van der Waals surface area contributed by atoms with Crippen molar-refractivity contribution in [2.24, 2.45) is 0 Å². The number of methoxy groups -OCH3 is 1. The zero-order valence-corrected chi connectivity index (χ0v) is 20.6. The fourth-order valence-electron chi connectivity index (χ4n) is 3.46. The van der Waals surface area contributed by atoms with Crippen LogP contribution in [0.2, 0.25) is 0 Å². The van der Waals surface area contributed by atoms with Gasteiger partial charge in [-0.15, -0.1) is 10.2 Å². The Morgan fingerprint density at radius 2 is 1.83 bits per heavy atom. The highest BCUT2D eigenvalue weighted by Crippen LogP contribution is 2.19. The molecule has 0 fully saturated rings. The minimum Gasteiger partial charge on any atom is -0.497 e. The van der Waals surface area contributed by atoms with Gasteiger partial charge in [-0.2, -0.15) is 9.61 Å². The molecule has 0 saturated carbocycles. The Labute approximate surface area is 207 Å². The number of anilines is 1. The first-order valence-electron chi connectivity index (χ1n) is 11.1. The Bertz CT molecular complexity index is 1350. The lowest BCUT2D eigenvalue weighted by Crippen LogP contribution is -2.26. The Balaban J connectivity index is 1.33. The summed E-state index contributed by atoms with van der Waals surface area (Å²) in [7, 11) is 1.58. The van der Waals surface area contributed by atoms with Crippen LogP contribution in [0.5, 0.6) is 5.75 Å². The number of thioether (sulfide) groups is 1. The summed E-state index contributed by atoms with van der Waals surface area (Å²) in [4.78, 5) is 24.8. The fourth-order valence-corrected chi connectivity index (χ4v) is 4.12. The second-order valence-corrected chi connectivity index (χ2v) is 8.94. The van der Waals surface area contributed by atoms with E-state index >= 15 is 0 Å². The van der Waals surface area contributed by atoms with Crippen molar-refractivity contribution in [2.45, 2.75) is 25.3 Å². The van der Waals surface area contributed by atoms with E-state index < -0.39 is 0 Å². The molecule has 10 heteroatoms. The maximum absolute atomic E-state index is 12.4. The number of rotatable bonds is 9. The van der Waals surface area contributed by atoms with Crippen LogP contribution in [0.15, 0.2) is 59.6 Å². The van der Waals surface area contributed by atoms with Gasteiger partial charge in [0.15, 0.2) is 11.5 Å². The van der Waals surface area contributed by atoms with E-state index in [0.717, 1.165) is 16.8 Å². The molecule has 9 nitrogen and oxygen atoms in total. The second kappa shape index (κ2) is 11.0. The molecule has 35 heavy (non-hydrogen) atoms. The van der Waals surface area contributed by atoms with Crippen LogP contribution in [0, 0.1) is 13.8 Å². The van der Waals surface area contributed by atoms with Crippen molar-refractivity contribution >= 4 is 34.9 Å². The Morgan fingerprint density at radius 1 is 1.03 bits per heavy atom. The number of carbonyl (C=O) groups is 2. The van der Waals surface area contributed by atoms with Crippen LogP contribution in [0.1, 0.15) is 27.3 Å².